The summed E-state index contributed by atoms with van der Waals surface area (Å²) >= 11 is 1.59. The number of non-ortho nitro benzene ring substituents is 1. The monoisotopic (exact) mass is 351 g/mol. The third kappa shape index (κ3) is 3.20. The Kier molecular flexibility index (Phi) is 3.87. The minimum atomic E-state index is -0.406. The van der Waals surface area contributed by atoms with Crippen molar-refractivity contribution in [1.82, 2.24) is 15.0 Å². The smallest absolute Gasteiger partial charge is 0.269 e. The molecule has 2 aromatic carbocycles. The third-order valence-corrected chi connectivity index (χ3v) is 4.59. The number of aromatic amines is 1. The standard InChI is InChI=1S/C17H13N5O2S/c23-22(24)13-4-1-11(2-5-13)10-19-17-20-14-6-3-12(9-15(14)21-17)16-18-7-8-25-16/h1-9H,10H2,(H2,19,20,21). The Labute approximate surface area is 146 Å². The van der Waals surface area contributed by atoms with Gasteiger partial charge in [0.05, 0.1) is 16.0 Å². The molecule has 0 bridgehead atoms. The molecule has 0 radical (unpaired) electrons. The van der Waals surface area contributed by atoms with Crippen LogP contribution in [0.15, 0.2) is 54.0 Å². The Morgan fingerprint density at radius 1 is 1.20 bits per heavy atom. The van der Waals surface area contributed by atoms with E-state index in [0.717, 1.165) is 27.2 Å². The maximum Gasteiger partial charge on any atom is 0.269 e. The van der Waals surface area contributed by atoms with Gasteiger partial charge in [-0.25, -0.2) is 9.97 Å². The van der Waals surface area contributed by atoms with Crippen molar-refractivity contribution in [1.29, 1.82) is 0 Å². The minimum Gasteiger partial charge on any atom is -0.352 e. The number of nitro benzene ring substituents is 1. The van der Waals surface area contributed by atoms with E-state index in [-0.39, 0.29) is 5.69 Å². The highest BCUT2D eigenvalue weighted by molar-refractivity contribution is 7.13. The first-order chi connectivity index (χ1) is 12.2. The zero-order valence-electron chi connectivity index (χ0n) is 13.0. The van der Waals surface area contributed by atoms with Gasteiger partial charge in [0.25, 0.3) is 5.69 Å². The number of benzene rings is 2. The summed E-state index contributed by atoms with van der Waals surface area (Å²) in [6, 6.07) is 12.4. The predicted molar refractivity (Wildman–Crippen MR) is 97.6 cm³/mol. The van der Waals surface area contributed by atoms with E-state index in [9.17, 15) is 10.1 Å². The van der Waals surface area contributed by atoms with Crippen molar-refractivity contribution in [2.75, 3.05) is 5.32 Å². The lowest BCUT2D eigenvalue weighted by Gasteiger charge is -2.02. The van der Waals surface area contributed by atoms with Crippen LogP contribution in [0, 0.1) is 10.1 Å². The molecule has 0 fully saturated rings. The summed E-state index contributed by atoms with van der Waals surface area (Å²) in [7, 11) is 0. The molecule has 7 nitrogen and oxygen atoms in total. The summed E-state index contributed by atoms with van der Waals surface area (Å²) in [5, 5.41) is 16.8. The third-order valence-electron chi connectivity index (χ3n) is 3.77. The van der Waals surface area contributed by atoms with E-state index in [4.69, 9.17) is 0 Å². The van der Waals surface area contributed by atoms with Gasteiger partial charge >= 0.3 is 0 Å². The molecule has 0 aliphatic carbocycles. The number of thiazole rings is 1. The Bertz CT molecular complexity index is 1030. The molecule has 2 aromatic heterocycles. The van der Waals surface area contributed by atoms with Gasteiger partial charge in [-0.15, -0.1) is 11.3 Å². The van der Waals surface area contributed by atoms with Gasteiger partial charge < -0.3 is 10.3 Å². The molecule has 0 saturated heterocycles. The number of nitro groups is 1. The summed E-state index contributed by atoms with van der Waals surface area (Å²) in [6.07, 6.45) is 1.79. The Morgan fingerprint density at radius 3 is 2.76 bits per heavy atom. The Balaban J connectivity index is 1.51. The minimum absolute atomic E-state index is 0.0854. The molecule has 0 saturated carbocycles. The maximum atomic E-state index is 10.7. The average molecular weight is 351 g/mol. The van der Waals surface area contributed by atoms with Gasteiger partial charge in [0.15, 0.2) is 0 Å². The van der Waals surface area contributed by atoms with Gasteiger partial charge in [-0.05, 0) is 23.8 Å². The molecule has 25 heavy (non-hydrogen) atoms. The molecule has 8 heteroatoms. The number of rotatable bonds is 5. The second kappa shape index (κ2) is 6.33. The van der Waals surface area contributed by atoms with Crippen molar-refractivity contribution in [2.24, 2.45) is 0 Å². The van der Waals surface area contributed by atoms with Crippen molar-refractivity contribution >= 4 is 34.0 Å². The van der Waals surface area contributed by atoms with Gasteiger partial charge in [0, 0.05) is 35.8 Å². The SMILES string of the molecule is O=[N+]([O-])c1ccc(CNc2nc3ccc(-c4nccs4)cc3[nH]2)cc1. The van der Waals surface area contributed by atoms with E-state index >= 15 is 0 Å². The van der Waals surface area contributed by atoms with Crippen LogP contribution in [-0.2, 0) is 6.54 Å². The molecule has 2 heterocycles. The van der Waals surface area contributed by atoms with Crippen LogP contribution in [0.4, 0.5) is 11.6 Å². The van der Waals surface area contributed by atoms with Crippen LogP contribution in [0.3, 0.4) is 0 Å². The molecule has 0 atom stereocenters. The molecule has 4 aromatic rings. The van der Waals surface area contributed by atoms with Crippen LogP contribution in [0.5, 0.6) is 0 Å². The molecular formula is C17H13N5O2S. The normalized spacial score (nSPS) is 10.9. The number of nitrogens with one attached hydrogen (secondary N) is 2. The highest BCUT2D eigenvalue weighted by Gasteiger charge is 2.07. The van der Waals surface area contributed by atoms with E-state index in [2.05, 4.69) is 20.3 Å². The van der Waals surface area contributed by atoms with Gasteiger partial charge in [0.2, 0.25) is 5.95 Å². The van der Waals surface area contributed by atoms with Crippen LogP contribution in [-0.4, -0.2) is 19.9 Å². The fourth-order valence-electron chi connectivity index (χ4n) is 2.51. The van der Waals surface area contributed by atoms with E-state index in [0.29, 0.717) is 12.5 Å². The number of aromatic nitrogens is 3. The Morgan fingerprint density at radius 2 is 2.04 bits per heavy atom. The largest absolute Gasteiger partial charge is 0.352 e. The van der Waals surface area contributed by atoms with Crippen molar-refractivity contribution in [3.05, 3.63) is 69.7 Å². The zero-order valence-corrected chi connectivity index (χ0v) is 13.8. The van der Waals surface area contributed by atoms with Crippen molar-refractivity contribution in [3.8, 4) is 10.6 Å². The number of nitrogens with zero attached hydrogens (tertiary/aromatic N) is 3. The van der Waals surface area contributed by atoms with Crippen LogP contribution in [0.25, 0.3) is 21.6 Å². The van der Waals surface area contributed by atoms with Crippen LogP contribution in [0.1, 0.15) is 5.56 Å². The topological polar surface area (TPSA) is 96.7 Å². The molecule has 0 amide bonds. The molecule has 2 N–H and O–H groups in total. The van der Waals surface area contributed by atoms with Gasteiger partial charge in [-0.1, -0.05) is 12.1 Å². The lowest BCUT2D eigenvalue weighted by molar-refractivity contribution is -0.384. The predicted octanol–water partition coefficient (Wildman–Crippen LogP) is 4.21. The first-order valence-corrected chi connectivity index (χ1v) is 8.44. The highest BCUT2D eigenvalue weighted by atomic mass is 32.1. The van der Waals surface area contributed by atoms with E-state index < -0.39 is 4.92 Å². The quantitative estimate of drug-likeness (QED) is 0.415. The molecule has 4 rings (SSSR count). The summed E-state index contributed by atoms with van der Waals surface area (Å²) < 4.78 is 0. The number of H-pyrrole nitrogens is 1. The van der Waals surface area contributed by atoms with Crippen LogP contribution >= 0.6 is 11.3 Å². The average Bonchev–Trinajstić information content (AvgIpc) is 3.29. The Hall–Kier alpha value is -3.26. The fraction of sp³-hybridized carbons (Fsp3) is 0.0588. The lowest BCUT2D eigenvalue weighted by atomic mass is 10.2. The summed E-state index contributed by atoms with van der Waals surface area (Å²) in [5.74, 6) is 0.657. The molecule has 0 unspecified atom stereocenters. The van der Waals surface area contributed by atoms with Crippen LogP contribution < -0.4 is 5.32 Å². The molecular weight excluding hydrogens is 338 g/mol. The molecule has 0 aliphatic rings. The first-order valence-electron chi connectivity index (χ1n) is 7.56. The maximum absolute atomic E-state index is 10.7. The number of imidazole rings is 1. The van der Waals surface area contributed by atoms with Gasteiger partial charge in [-0.3, -0.25) is 10.1 Å². The zero-order chi connectivity index (χ0) is 17.2. The van der Waals surface area contributed by atoms with Crippen molar-refractivity contribution in [2.45, 2.75) is 6.54 Å². The van der Waals surface area contributed by atoms with E-state index in [1.807, 2.05) is 23.6 Å². The second-order valence-electron chi connectivity index (χ2n) is 5.43. The summed E-state index contributed by atoms with van der Waals surface area (Å²) in [4.78, 5) is 22.3. The van der Waals surface area contributed by atoms with Gasteiger partial charge in [-0.2, -0.15) is 0 Å². The lowest BCUT2D eigenvalue weighted by Crippen LogP contribution is -2.00. The van der Waals surface area contributed by atoms with E-state index in [1.54, 1.807) is 29.7 Å². The fourth-order valence-corrected chi connectivity index (χ4v) is 3.15. The van der Waals surface area contributed by atoms with Crippen molar-refractivity contribution in [3.63, 3.8) is 0 Å². The molecule has 124 valence electrons. The number of fused-ring (bicyclic) bond motifs is 1. The molecule has 0 spiro atoms. The first kappa shape index (κ1) is 15.3. The highest BCUT2D eigenvalue weighted by Crippen LogP contribution is 2.25. The van der Waals surface area contributed by atoms with Crippen molar-refractivity contribution < 1.29 is 4.92 Å². The summed E-state index contributed by atoms with van der Waals surface area (Å²) in [5.41, 5.74) is 3.87. The summed E-state index contributed by atoms with van der Waals surface area (Å²) in [6.45, 7) is 0.525. The van der Waals surface area contributed by atoms with Gasteiger partial charge in [0.1, 0.15) is 5.01 Å². The van der Waals surface area contributed by atoms with Crippen LogP contribution in [0.2, 0.25) is 0 Å². The number of hydrogen-bond acceptors (Lipinski definition) is 6. The second-order valence-corrected chi connectivity index (χ2v) is 6.33. The van der Waals surface area contributed by atoms with E-state index in [1.165, 1.54) is 12.1 Å². The molecule has 0 aliphatic heterocycles. The number of hydrogen-bond donors (Lipinski definition) is 2. The number of anilines is 1.